The summed E-state index contributed by atoms with van der Waals surface area (Å²) in [6, 6.07) is 14.6. The normalized spacial score (nSPS) is 29.0. The second-order valence-corrected chi connectivity index (χ2v) is 10.0. The molecule has 0 spiro atoms. The van der Waals surface area contributed by atoms with Crippen LogP contribution in [0, 0.1) is 17.2 Å². The summed E-state index contributed by atoms with van der Waals surface area (Å²) in [5.41, 5.74) is 1.69. The minimum Gasteiger partial charge on any atom is -0.508 e. The van der Waals surface area contributed by atoms with E-state index in [-0.39, 0.29) is 5.82 Å². The Labute approximate surface area is 165 Å². The molecule has 4 atom stereocenters. The molecule has 2 fully saturated rings. The van der Waals surface area contributed by atoms with Crippen molar-refractivity contribution in [2.24, 2.45) is 11.3 Å². The molecule has 0 aromatic heterocycles. The van der Waals surface area contributed by atoms with Gasteiger partial charge in [0.25, 0.3) is 0 Å². The van der Waals surface area contributed by atoms with Gasteiger partial charge in [-0.1, -0.05) is 26.0 Å². The second-order valence-electron chi connectivity index (χ2n) is 8.67. The molecule has 1 N–H and O–H groups in total. The van der Waals surface area contributed by atoms with Crippen LogP contribution in [0.5, 0.6) is 5.75 Å². The SMILES string of the molecule is CC(CN1C[C@H]2C[C@H](Sc3ccc(F)cc3)C[C@@]2(C)C1)c1ccc(O)cc1. The van der Waals surface area contributed by atoms with E-state index in [0.29, 0.717) is 22.3 Å². The largest absolute Gasteiger partial charge is 0.508 e. The van der Waals surface area contributed by atoms with E-state index < -0.39 is 0 Å². The third-order valence-corrected chi connectivity index (χ3v) is 7.64. The fraction of sp³-hybridized carbons (Fsp3) is 0.478. The minimum atomic E-state index is -0.159. The van der Waals surface area contributed by atoms with Crippen LogP contribution >= 0.6 is 11.8 Å². The van der Waals surface area contributed by atoms with Gasteiger partial charge in [-0.3, -0.25) is 0 Å². The van der Waals surface area contributed by atoms with E-state index in [0.717, 1.165) is 12.5 Å². The lowest BCUT2D eigenvalue weighted by molar-refractivity contribution is 0.259. The van der Waals surface area contributed by atoms with E-state index in [2.05, 4.69) is 18.7 Å². The molecule has 1 unspecified atom stereocenters. The Kier molecular flexibility index (Phi) is 5.21. The van der Waals surface area contributed by atoms with E-state index in [1.807, 2.05) is 36.0 Å². The van der Waals surface area contributed by atoms with Gasteiger partial charge in [-0.15, -0.1) is 11.8 Å². The summed E-state index contributed by atoms with van der Waals surface area (Å²) < 4.78 is 13.1. The Hall–Kier alpha value is -1.52. The summed E-state index contributed by atoms with van der Waals surface area (Å²) in [6.07, 6.45) is 2.49. The lowest BCUT2D eigenvalue weighted by Gasteiger charge is -2.26. The van der Waals surface area contributed by atoms with Gasteiger partial charge in [0, 0.05) is 29.8 Å². The molecule has 0 amide bonds. The van der Waals surface area contributed by atoms with Crippen molar-refractivity contribution in [3.63, 3.8) is 0 Å². The van der Waals surface area contributed by atoms with Crippen molar-refractivity contribution >= 4 is 11.8 Å². The van der Waals surface area contributed by atoms with Gasteiger partial charge in [0.1, 0.15) is 11.6 Å². The molecule has 0 radical (unpaired) electrons. The molecule has 2 aromatic rings. The number of phenolic OH excluding ortho intramolecular Hbond substituents is 1. The Balaban J connectivity index is 1.33. The summed E-state index contributed by atoms with van der Waals surface area (Å²) >= 11 is 1.92. The number of benzene rings is 2. The third-order valence-electron chi connectivity index (χ3n) is 6.40. The number of fused-ring (bicyclic) bond motifs is 1. The smallest absolute Gasteiger partial charge is 0.123 e. The van der Waals surface area contributed by atoms with E-state index in [1.54, 1.807) is 24.3 Å². The van der Waals surface area contributed by atoms with Gasteiger partial charge in [-0.2, -0.15) is 0 Å². The first-order chi connectivity index (χ1) is 12.9. The van der Waals surface area contributed by atoms with Crippen LogP contribution in [-0.2, 0) is 0 Å². The highest BCUT2D eigenvalue weighted by Crippen LogP contribution is 2.53. The third kappa shape index (κ3) is 4.17. The molecule has 0 bridgehead atoms. The summed E-state index contributed by atoms with van der Waals surface area (Å²) in [5.74, 6) is 1.40. The topological polar surface area (TPSA) is 23.5 Å². The first-order valence-corrected chi connectivity index (χ1v) is 10.7. The molecule has 1 heterocycles. The average molecular weight is 386 g/mol. The van der Waals surface area contributed by atoms with Crippen LogP contribution in [0.25, 0.3) is 0 Å². The lowest BCUT2D eigenvalue weighted by atomic mass is 9.83. The maximum Gasteiger partial charge on any atom is 0.123 e. The van der Waals surface area contributed by atoms with Crippen molar-refractivity contribution in [1.82, 2.24) is 4.90 Å². The number of aromatic hydroxyl groups is 1. The first-order valence-electron chi connectivity index (χ1n) is 9.85. The molecule has 1 saturated carbocycles. The predicted molar refractivity (Wildman–Crippen MR) is 110 cm³/mol. The number of nitrogens with zero attached hydrogens (tertiary/aromatic N) is 1. The summed E-state index contributed by atoms with van der Waals surface area (Å²) in [4.78, 5) is 3.81. The number of halogens is 1. The number of likely N-dealkylation sites (tertiary alicyclic amines) is 1. The van der Waals surface area contributed by atoms with Gasteiger partial charge in [0.05, 0.1) is 0 Å². The highest BCUT2D eigenvalue weighted by Gasteiger charge is 2.49. The van der Waals surface area contributed by atoms with Gasteiger partial charge in [-0.05, 0) is 72.1 Å². The molecule has 2 nitrogen and oxygen atoms in total. The van der Waals surface area contributed by atoms with E-state index in [9.17, 15) is 9.50 Å². The maximum absolute atomic E-state index is 13.1. The van der Waals surface area contributed by atoms with Crippen LogP contribution in [0.3, 0.4) is 0 Å². The number of rotatable bonds is 5. The maximum atomic E-state index is 13.1. The Bertz CT molecular complexity index is 778. The number of phenols is 1. The van der Waals surface area contributed by atoms with Crippen molar-refractivity contribution in [3.05, 3.63) is 59.9 Å². The number of thioether (sulfide) groups is 1. The highest BCUT2D eigenvalue weighted by atomic mass is 32.2. The number of hydrogen-bond acceptors (Lipinski definition) is 3. The van der Waals surface area contributed by atoms with Crippen LogP contribution in [0.2, 0.25) is 0 Å². The molecule has 2 aliphatic rings. The second kappa shape index (κ2) is 7.48. The quantitative estimate of drug-likeness (QED) is 0.732. The highest BCUT2D eigenvalue weighted by molar-refractivity contribution is 8.00. The van der Waals surface area contributed by atoms with Crippen LogP contribution < -0.4 is 0 Å². The van der Waals surface area contributed by atoms with E-state index in [1.165, 1.54) is 36.4 Å². The first kappa shape index (κ1) is 18.8. The molecule has 1 saturated heterocycles. The van der Waals surface area contributed by atoms with Gasteiger partial charge >= 0.3 is 0 Å². The van der Waals surface area contributed by atoms with Gasteiger partial charge in [0.2, 0.25) is 0 Å². The standard InChI is InChI=1S/C23H28FNOS/c1-16(17-3-7-20(26)8-4-17)13-25-14-18-11-22(12-23(18,2)15-25)27-21-9-5-19(24)6-10-21/h3-10,16,18,22,26H,11-15H2,1-2H3/t16?,18-,22+,23+/m1/s1. The summed E-state index contributed by atoms with van der Waals surface area (Å²) in [7, 11) is 0. The van der Waals surface area contributed by atoms with Crippen molar-refractivity contribution in [2.75, 3.05) is 19.6 Å². The molecule has 1 aliphatic heterocycles. The molecule has 1 aliphatic carbocycles. The van der Waals surface area contributed by atoms with Gasteiger partial charge < -0.3 is 10.0 Å². The Morgan fingerprint density at radius 2 is 1.89 bits per heavy atom. The van der Waals surface area contributed by atoms with Crippen molar-refractivity contribution in [1.29, 1.82) is 0 Å². The fourth-order valence-electron chi connectivity index (χ4n) is 4.98. The molecule has 4 rings (SSSR count). The zero-order chi connectivity index (χ0) is 19.0. The van der Waals surface area contributed by atoms with Gasteiger partial charge in [-0.25, -0.2) is 4.39 Å². The zero-order valence-electron chi connectivity index (χ0n) is 16.1. The fourth-order valence-corrected chi connectivity index (χ4v) is 6.45. The van der Waals surface area contributed by atoms with Crippen molar-refractivity contribution < 1.29 is 9.50 Å². The number of hydrogen-bond donors (Lipinski definition) is 1. The van der Waals surface area contributed by atoms with Crippen LogP contribution in [0.15, 0.2) is 53.4 Å². The van der Waals surface area contributed by atoms with Crippen LogP contribution in [-0.4, -0.2) is 34.9 Å². The van der Waals surface area contributed by atoms with Gasteiger partial charge in [0.15, 0.2) is 0 Å². The molecular formula is C23H28FNOS. The van der Waals surface area contributed by atoms with Crippen molar-refractivity contribution in [2.45, 2.75) is 42.8 Å². The minimum absolute atomic E-state index is 0.159. The monoisotopic (exact) mass is 385 g/mol. The molecular weight excluding hydrogens is 357 g/mol. The molecule has 2 aromatic carbocycles. The van der Waals surface area contributed by atoms with E-state index in [4.69, 9.17) is 0 Å². The average Bonchev–Trinajstić information content (AvgIpc) is 3.07. The molecule has 144 valence electrons. The predicted octanol–water partition coefficient (Wildman–Crippen LogP) is 5.53. The zero-order valence-corrected chi connectivity index (χ0v) is 16.9. The molecule has 27 heavy (non-hydrogen) atoms. The van der Waals surface area contributed by atoms with E-state index >= 15 is 0 Å². The Morgan fingerprint density at radius 1 is 1.19 bits per heavy atom. The Morgan fingerprint density at radius 3 is 2.56 bits per heavy atom. The lowest BCUT2D eigenvalue weighted by Crippen LogP contribution is -2.29. The van der Waals surface area contributed by atoms with Crippen molar-refractivity contribution in [3.8, 4) is 5.75 Å². The summed E-state index contributed by atoms with van der Waals surface area (Å²) in [6.45, 7) is 8.15. The molecule has 4 heteroatoms. The summed E-state index contributed by atoms with van der Waals surface area (Å²) in [5, 5.41) is 10.1. The van der Waals surface area contributed by atoms with Crippen LogP contribution in [0.4, 0.5) is 4.39 Å². The van der Waals surface area contributed by atoms with Crippen LogP contribution in [0.1, 0.15) is 38.2 Å².